The van der Waals surface area contributed by atoms with Crippen LogP contribution in [0.4, 0.5) is 5.69 Å². The van der Waals surface area contributed by atoms with E-state index in [9.17, 15) is 4.79 Å². The second-order valence-electron chi connectivity index (χ2n) is 6.43. The number of nitrogens with two attached hydrogens (primary N) is 1. The smallest absolute Gasteiger partial charge is 0.222 e. The molecule has 0 spiro atoms. The van der Waals surface area contributed by atoms with Crippen molar-refractivity contribution in [2.24, 2.45) is 11.8 Å². The van der Waals surface area contributed by atoms with Gasteiger partial charge in [-0.3, -0.25) is 4.79 Å². The van der Waals surface area contributed by atoms with Gasteiger partial charge in [-0.15, -0.1) is 0 Å². The molecular formula is C17H24N2O. The van der Waals surface area contributed by atoms with E-state index in [-0.39, 0.29) is 0 Å². The van der Waals surface area contributed by atoms with E-state index < -0.39 is 0 Å². The number of nitrogens with zero attached hydrogens (tertiary/aromatic N) is 1. The molecule has 0 unspecified atom stereocenters. The van der Waals surface area contributed by atoms with Gasteiger partial charge in [-0.05, 0) is 61.6 Å². The zero-order valence-electron chi connectivity index (χ0n) is 12.1. The minimum Gasteiger partial charge on any atom is -0.399 e. The lowest BCUT2D eigenvalue weighted by Gasteiger charge is -2.22. The SMILES string of the molecule is Nc1cccc(CCC(=O)N(CC2CC2)CC2CC2)c1. The first-order chi connectivity index (χ1) is 9.70. The molecule has 1 amide bonds. The molecule has 2 fully saturated rings. The van der Waals surface area contributed by atoms with Gasteiger partial charge in [-0.25, -0.2) is 0 Å². The molecule has 0 bridgehead atoms. The van der Waals surface area contributed by atoms with E-state index in [1.54, 1.807) is 0 Å². The third kappa shape index (κ3) is 3.99. The minimum atomic E-state index is 0.325. The summed E-state index contributed by atoms with van der Waals surface area (Å²) in [5.74, 6) is 1.89. The molecule has 1 aromatic carbocycles. The topological polar surface area (TPSA) is 46.3 Å². The van der Waals surface area contributed by atoms with Crippen LogP contribution in [0.5, 0.6) is 0 Å². The standard InChI is InChI=1S/C17H24N2O/c18-16-3-1-2-13(10-16)8-9-17(20)19(11-14-4-5-14)12-15-6-7-15/h1-3,10,14-15H,4-9,11-12,18H2. The lowest BCUT2D eigenvalue weighted by molar-refractivity contribution is -0.131. The van der Waals surface area contributed by atoms with E-state index >= 15 is 0 Å². The van der Waals surface area contributed by atoms with E-state index in [1.165, 1.54) is 25.7 Å². The molecule has 2 aliphatic rings. The lowest BCUT2D eigenvalue weighted by Crippen LogP contribution is -2.34. The number of nitrogen functional groups attached to an aromatic ring is 1. The number of hydrogen-bond donors (Lipinski definition) is 1. The third-order valence-electron chi connectivity index (χ3n) is 4.28. The maximum absolute atomic E-state index is 12.4. The molecule has 0 heterocycles. The molecule has 3 heteroatoms. The van der Waals surface area contributed by atoms with E-state index in [0.717, 1.165) is 42.6 Å². The second-order valence-corrected chi connectivity index (χ2v) is 6.43. The van der Waals surface area contributed by atoms with E-state index in [4.69, 9.17) is 5.73 Å². The summed E-state index contributed by atoms with van der Waals surface area (Å²) >= 11 is 0. The molecule has 2 aliphatic carbocycles. The van der Waals surface area contributed by atoms with E-state index in [1.807, 2.05) is 18.2 Å². The number of rotatable bonds is 7. The molecule has 108 valence electrons. The Balaban J connectivity index is 1.52. The summed E-state index contributed by atoms with van der Waals surface area (Å²) in [6, 6.07) is 7.87. The highest BCUT2D eigenvalue weighted by molar-refractivity contribution is 5.76. The molecule has 0 saturated heterocycles. The summed E-state index contributed by atoms with van der Waals surface area (Å²) in [6.45, 7) is 1.98. The van der Waals surface area contributed by atoms with Crippen molar-refractivity contribution in [3.05, 3.63) is 29.8 Å². The van der Waals surface area contributed by atoms with Gasteiger partial charge in [0.05, 0.1) is 0 Å². The average molecular weight is 272 g/mol. The molecule has 0 aliphatic heterocycles. The van der Waals surface area contributed by atoms with Gasteiger partial charge in [0.1, 0.15) is 0 Å². The Morgan fingerprint density at radius 3 is 2.35 bits per heavy atom. The Labute approximate surface area is 121 Å². The highest BCUT2D eigenvalue weighted by Gasteiger charge is 2.31. The number of anilines is 1. The molecular weight excluding hydrogens is 248 g/mol. The maximum Gasteiger partial charge on any atom is 0.222 e. The fourth-order valence-corrected chi connectivity index (χ4v) is 2.66. The molecule has 20 heavy (non-hydrogen) atoms. The first-order valence-electron chi connectivity index (χ1n) is 7.83. The maximum atomic E-state index is 12.4. The summed E-state index contributed by atoms with van der Waals surface area (Å²) < 4.78 is 0. The molecule has 3 nitrogen and oxygen atoms in total. The van der Waals surface area contributed by atoms with Crippen LogP contribution in [0.1, 0.15) is 37.7 Å². The predicted molar refractivity (Wildman–Crippen MR) is 81.2 cm³/mol. The molecule has 0 radical (unpaired) electrons. The lowest BCUT2D eigenvalue weighted by atomic mass is 10.1. The average Bonchev–Trinajstić information content (AvgIpc) is 3.30. The van der Waals surface area contributed by atoms with Crippen molar-refractivity contribution in [2.45, 2.75) is 38.5 Å². The molecule has 2 N–H and O–H groups in total. The molecule has 0 atom stereocenters. The van der Waals surface area contributed by atoms with Crippen LogP contribution in [0.3, 0.4) is 0 Å². The minimum absolute atomic E-state index is 0.325. The third-order valence-corrected chi connectivity index (χ3v) is 4.28. The van der Waals surface area contributed by atoms with Gasteiger partial charge < -0.3 is 10.6 Å². The molecule has 3 rings (SSSR count). The Bertz CT molecular complexity index is 464. The number of carbonyl (C=O) groups excluding carboxylic acids is 1. The van der Waals surface area contributed by atoms with Crippen LogP contribution in [-0.4, -0.2) is 23.9 Å². The Hall–Kier alpha value is -1.51. The van der Waals surface area contributed by atoms with Crippen LogP contribution in [0.15, 0.2) is 24.3 Å². The van der Waals surface area contributed by atoms with Crippen LogP contribution < -0.4 is 5.73 Å². The van der Waals surface area contributed by atoms with Crippen molar-refractivity contribution in [1.29, 1.82) is 0 Å². The highest BCUT2D eigenvalue weighted by atomic mass is 16.2. The summed E-state index contributed by atoms with van der Waals surface area (Å²) in [5.41, 5.74) is 7.72. The van der Waals surface area contributed by atoms with Gasteiger partial charge in [-0.2, -0.15) is 0 Å². The van der Waals surface area contributed by atoms with Gasteiger partial charge in [0.25, 0.3) is 0 Å². The fraction of sp³-hybridized carbons (Fsp3) is 0.588. The van der Waals surface area contributed by atoms with Gasteiger partial charge >= 0.3 is 0 Å². The van der Waals surface area contributed by atoms with Crippen molar-refractivity contribution >= 4 is 11.6 Å². The normalized spacial score (nSPS) is 18.0. The van der Waals surface area contributed by atoms with Gasteiger partial charge in [0, 0.05) is 25.2 Å². The fourth-order valence-electron chi connectivity index (χ4n) is 2.66. The van der Waals surface area contributed by atoms with Crippen molar-refractivity contribution in [1.82, 2.24) is 4.90 Å². The summed E-state index contributed by atoms with van der Waals surface area (Å²) in [7, 11) is 0. The van der Waals surface area contributed by atoms with Gasteiger partial charge in [0.15, 0.2) is 0 Å². The highest BCUT2D eigenvalue weighted by Crippen LogP contribution is 2.34. The van der Waals surface area contributed by atoms with Crippen LogP contribution in [-0.2, 0) is 11.2 Å². The van der Waals surface area contributed by atoms with Crippen molar-refractivity contribution < 1.29 is 4.79 Å². The van der Waals surface area contributed by atoms with Crippen molar-refractivity contribution in [3.8, 4) is 0 Å². The molecule has 0 aromatic heterocycles. The zero-order valence-corrected chi connectivity index (χ0v) is 12.1. The molecule has 2 saturated carbocycles. The number of hydrogen-bond acceptors (Lipinski definition) is 2. The number of amides is 1. The van der Waals surface area contributed by atoms with Gasteiger partial charge in [0.2, 0.25) is 5.91 Å². The first kappa shape index (κ1) is 13.5. The van der Waals surface area contributed by atoms with Crippen molar-refractivity contribution in [2.75, 3.05) is 18.8 Å². The number of benzene rings is 1. The van der Waals surface area contributed by atoms with Crippen LogP contribution in [0.2, 0.25) is 0 Å². The van der Waals surface area contributed by atoms with Crippen molar-refractivity contribution in [3.63, 3.8) is 0 Å². The first-order valence-corrected chi connectivity index (χ1v) is 7.83. The largest absolute Gasteiger partial charge is 0.399 e. The van der Waals surface area contributed by atoms with Crippen LogP contribution >= 0.6 is 0 Å². The zero-order chi connectivity index (χ0) is 13.9. The molecule has 1 aromatic rings. The Morgan fingerprint density at radius 2 is 1.80 bits per heavy atom. The van der Waals surface area contributed by atoms with E-state index in [0.29, 0.717) is 12.3 Å². The predicted octanol–water partition coefficient (Wildman–Crippen LogP) is 2.85. The Morgan fingerprint density at radius 1 is 1.15 bits per heavy atom. The quantitative estimate of drug-likeness (QED) is 0.776. The van der Waals surface area contributed by atoms with Crippen LogP contribution in [0.25, 0.3) is 0 Å². The summed E-state index contributed by atoms with van der Waals surface area (Å²) in [4.78, 5) is 14.5. The Kier molecular flexibility index (Phi) is 3.95. The van der Waals surface area contributed by atoms with E-state index in [2.05, 4.69) is 11.0 Å². The van der Waals surface area contributed by atoms with Gasteiger partial charge in [-0.1, -0.05) is 12.1 Å². The van der Waals surface area contributed by atoms with Crippen LogP contribution in [0, 0.1) is 11.8 Å². The summed E-state index contributed by atoms with van der Waals surface area (Å²) in [6.07, 6.45) is 6.65. The number of carbonyl (C=O) groups is 1. The second kappa shape index (κ2) is 5.86. The summed E-state index contributed by atoms with van der Waals surface area (Å²) in [5, 5.41) is 0. The monoisotopic (exact) mass is 272 g/mol. The number of aryl methyl sites for hydroxylation is 1.